The van der Waals surface area contributed by atoms with Crippen LogP contribution in [0.2, 0.25) is 0 Å². The van der Waals surface area contributed by atoms with Crippen molar-refractivity contribution in [2.24, 2.45) is 0 Å². The van der Waals surface area contributed by atoms with Crippen LogP contribution in [0.1, 0.15) is 28.8 Å². The minimum atomic E-state index is -1.05. The van der Waals surface area contributed by atoms with E-state index in [4.69, 9.17) is 0 Å². The normalized spacial score (nSPS) is 14.1. The predicted molar refractivity (Wildman–Crippen MR) is 85.6 cm³/mol. The molecule has 2 amide bonds. The Kier molecular flexibility index (Phi) is 4.55. The Morgan fingerprint density at radius 2 is 1.83 bits per heavy atom. The Morgan fingerprint density at radius 3 is 2.46 bits per heavy atom. The molecule has 2 aromatic rings. The smallest absolute Gasteiger partial charge is 0.251 e. The van der Waals surface area contributed by atoms with Gasteiger partial charge in [-0.2, -0.15) is 0 Å². The maximum Gasteiger partial charge on any atom is 0.251 e. The van der Waals surface area contributed by atoms with Crippen LogP contribution in [-0.2, 0) is 11.3 Å². The summed E-state index contributed by atoms with van der Waals surface area (Å²) in [6, 6.07) is 10.3. The lowest BCUT2D eigenvalue weighted by atomic mass is 10.1. The van der Waals surface area contributed by atoms with Crippen LogP contribution in [0, 0.1) is 11.6 Å². The van der Waals surface area contributed by atoms with Gasteiger partial charge in [-0.3, -0.25) is 9.59 Å². The number of carbonyl (C=O) groups excluding carboxylic acids is 2. The van der Waals surface area contributed by atoms with Crippen LogP contribution in [0.5, 0.6) is 0 Å². The summed E-state index contributed by atoms with van der Waals surface area (Å²) in [4.78, 5) is 25.4. The molecule has 1 heterocycles. The van der Waals surface area contributed by atoms with Crippen LogP contribution in [-0.4, -0.2) is 18.4 Å². The third-order valence-electron chi connectivity index (χ3n) is 3.96. The van der Waals surface area contributed by atoms with E-state index >= 15 is 0 Å². The number of nitrogens with one attached hydrogen (secondary N) is 1. The van der Waals surface area contributed by atoms with Gasteiger partial charge < -0.3 is 10.2 Å². The maximum atomic E-state index is 13.1. The first-order valence-corrected chi connectivity index (χ1v) is 7.67. The van der Waals surface area contributed by atoms with Gasteiger partial charge >= 0.3 is 0 Å². The summed E-state index contributed by atoms with van der Waals surface area (Å²) in [7, 11) is 0. The molecule has 1 aliphatic rings. The van der Waals surface area contributed by atoms with E-state index in [1.165, 1.54) is 6.07 Å². The first-order chi connectivity index (χ1) is 11.5. The molecule has 124 valence electrons. The molecule has 0 atom stereocenters. The Balaban J connectivity index is 1.61. The molecule has 1 N–H and O–H groups in total. The summed E-state index contributed by atoms with van der Waals surface area (Å²) in [5, 5.41) is 2.65. The van der Waals surface area contributed by atoms with Gasteiger partial charge in [0.25, 0.3) is 5.91 Å². The maximum absolute atomic E-state index is 13.1. The van der Waals surface area contributed by atoms with Crippen LogP contribution >= 0.6 is 0 Å². The van der Waals surface area contributed by atoms with E-state index < -0.39 is 17.5 Å². The molecule has 24 heavy (non-hydrogen) atoms. The van der Waals surface area contributed by atoms with Crippen molar-refractivity contribution in [1.29, 1.82) is 0 Å². The first-order valence-electron chi connectivity index (χ1n) is 7.67. The van der Waals surface area contributed by atoms with E-state index in [1.54, 1.807) is 4.90 Å². The quantitative estimate of drug-likeness (QED) is 0.937. The van der Waals surface area contributed by atoms with Crippen molar-refractivity contribution in [2.75, 3.05) is 11.4 Å². The number of hydrogen-bond donors (Lipinski definition) is 1. The highest BCUT2D eigenvalue weighted by Gasteiger charge is 2.21. The number of rotatable bonds is 4. The van der Waals surface area contributed by atoms with Crippen molar-refractivity contribution in [3.05, 3.63) is 65.2 Å². The van der Waals surface area contributed by atoms with Crippen molar-refractivity contribution in [2.45, 2.75) is 19.4 Å². The third kappa shape index (κ3) is 3.42. The zero-order valence-electron chi connectivity index (χ0n) is 12.9. The highest BCUT2D eigenvalue weighted by Crippen LogP contribution is 2.21. The molecule has 1 aliphatic heterocycles. The van der Waals surface area contributed by atoms with Gasteiger partial charge in [0.2, 0.25) is 5.91 Å². The topological polar surface area (TPSA) is 49.4 Å². The summed E-state index contributed by atoms with van der Waals surface area (Å²) < 4.78 is 26.0. The van der Waals surface area contributed by atoms with Crippen molar-refractivity contribution < 1.29 is 18.4 Å². The number of anilines is 1. The SMILES string of the molecule is O=C(NCc1ccc(N2CCCC2=O)cc1)c1ccc(F)c(F)c1. The summed E-state index contributed by atoms with van der Waals surface area (Å²) in [6.45, 7) is 0.983. The standard InChI is InChI=1S/C18H16F2N2O2/c19-15-8-5-13(10-16(15)20)18(24)21-11-12-3-6-14(7-4-12)22-9-1-2-17(22)23/h3-8,10H,1-2,9,11H2,(H,21,24). The molecule has 3 rings (SSSR count). The Bertz CT molecular complexity index is 775. The molecule has 1 saturated heterocycles. The highest BCUT2D eigenvalue weighted by atomic mass is 19.2. The number of benzene rings is 2. The molecule has 0 unspecified atom stereocenters. The average Bonchev–Trinajstić information content (AvgIpc) is 3.01. The van der Waals surface area contributed by atoms with Crippen molar-refractivity contribution in [3.8, 4) is 0 Å². The molecule has 0 spiro atoms. The molecular weight excluding hydrogens is 314 g/mol. The van der Waals surface area contributed by atoms with Gasteiger partial charge in [-0.05, 0) is 42.3 Å². The monoisotopic (exact) mass is 330 g/mol. The van der Waals surface area contributed by atoms with Gasteiger partial charge in [-0.25, -0.2) is 8.78 Å². The second kappa shape index (κ2) is 6.78. The summed E-state index contributed by atoms with van der Waals surface area (Å²) in [6.07, 6.45) is 1.44. The minimum absolute atomic E-state index is 0.0631. The van der Waals surface area contributed by atoms with Crippen molar-refractivity contribution in [3.63, 3.8) is 0 Å². The fraction of sp³-hybridized carbons (Fsp3) is 0.222. The fourth-order valence-electron chi connectivity index (χ4n) is 2.64. The number of hydrogen-bond acceptors (Lipinski definition) is 2. The molecule has 1 fully saturated rings. The average molecular weight is 330 g/mol. The van der Waals surface area contributed by atoms with Gasteiger partial charge in [0, 0.05) is 30.8 Å². The molecular formula is C18H16F2N2O2. The zero-order chi connectivity index (χ0) is 17.1. The minimum Gasteiger partial charge on any atom is -0.348 e. The second-order valence-corrected chi connectivity index (χ2v) is 5.63. The fourth-order valence-corrected chi connectivity index (χ4v) is 2.64. The Labute approximate surface area is 138 Å². The number of carbonyl (C=O) groups is 2. The molecule has 0 saturated carbocycles. The largest absolute Gasteiger partial charge is 0.348 e. The summed E-state index contributed by atoms with van der Waals surface area (Å²) in [5.41, 5.74) is 1.75. The number of halogens is 2. The first kappa shape index (κ1) is 16.1. The van der Waals surface area contributed by atoms with Crippen LogP contribution in [0.25, 0.3) is 0 Å². The van der Waals surface area contributed by atoms with Gasteiger partial charge in [0.15, 0.2) is 11.6 Å². The Hall–Kier alpha value is -2.76. The summed E-state index contributed by atoms with van der Waals surface area (Å²) >= 11 is 0. The molecule has 0 radical (unpaired) electrons. The van der Waals surface area contributed by atoms with E-state index in [0.29, 0.717) is 6.42 Å². The zero-order valence-corrected chi connectivity index (χ0v) is 12.9. The van der Waals surface area contributed by atoms with Gasteiger partial charge in [0.05, 0.1) is 0 Å². The lowest BCUT2D eigenvalue weighted by Crippen LogP contribution is -2.24. The van der Waals surface area contributed by atoms with Gasteiger partial charge in [-0.15, -0.1) is 0 Å². The van der Waals surface area contributed by atoms with Gasteiger partial charge in [-0.1, -0.05) is 12.1 Å². The van der Waals surface area contributed by atoms with E-state index in [1.807, 2.05) is 24.3 Å². The van der Waals surface area contributed by atoms with E-state index in [0.717, 1.165) is 36.3 Å². The Morgan fingerprint density at radius 1 is 1.08 bits per heavy atom. The second-order valence-electron chi connectivity index (χ2n) is 5.63. The molecule has 0 aromatic heterocycles. The molecule has 0 bridgehead atoms. The van der Waals surface area contributed by atoms with Crippen molar-refractivity contribution in [1.82, 2.24) is 5.32 Å². The van der Waals surface area contributed by atoms with Crippen LogP contribution < -0.4 is 10.2 Å². The number of nitrogens with zero attached hydrogens (tertiary/aromatic N) is 1. The lowest BCUT2D eigenvalue weighted by molar-refractivity contribution is -0.117. The number of amides is 2. The van der Waals surface area contributed by atoms with Crippen LogP contribution in [0.3, 0.4) is 0 Å². The lowest BCUT2D eigenvalue weighted by Gasteiger charge is -2.16. The highest BCUT2D eigenvalue weighted by molar-refractivity contribution is 5.95. The van der Waals surface area contributed by atoms with Gasteiger partial charge in [0.1, 0.15) is 0 Å². The predicted octanol–water partition coefficient (Wildman–Crippen LogP) is 3.02. The molecule has 6 heteroatoms. The molecule has 4 nitrogen and oxygen atoms in total. The third-order valence-corrected chi connectivity index (χ3v) is 3.96. The molecule has 2 aromatic carbocycles. The summed E-state index contributed by atoms with van der Waals surface area (Å²) in [5.74, 6) is -2.40. The van der Waals surface area contributed by atoms with Crippen LogP contribution in [0.4, 0.5) is 14.5 Å². The van der Waals surface area contributed by atoms with E-state index in [2.05, 4.69) is 5.32 Å². The van der Waals surface area contributed by atoms with Crippen molar-refractivity contribution >= 4 is 17.5 Å². The van der Waals surface area contributed by atoms with E-state index in [-0.39, 0.29) is 18.0 Å². The molecule has 0 aliphatic carbocycles. The van der Waals surface area contributed by atoms with Crippen LogP contribution in [0.15, 0.2) is 42.5 Å². The van der Waals surface area contributed by atoms with E-state index in [9.17, 15) is 18.4 Å².